The number of benzene rings is 1. The largest absolute Gasteiger partial charge is 0.492 e. The molecule has 1 aromatic carbocycles. The van der Waals surface area contributed by atoms with Gasteiger partial charge in [-0.25, -0.2) is 9.50 Å². The van der Waals surface area contributed by atoms with E-state index in [2.05, 4.69) is 20.4 Å². The van der Waals surface area contributed by atoms with Crippen LogP contribution >= 0.6 is 23.4 Å². The molecule has 142 valence electrons. The third-order valence-electron chi connectivity index (χ3n) is 4.04. The van der Waals surface area contributed by atoms with Crippen LogP contribution in [-0.4, -0.2) is 44.9 Å². The number of fused-ring (bicyclic) bond motifs is 1. The number of amides is 1. The Hall–Kier alpha value is -2.32. The molecule has 2 heterocycles. The Labute approximate surface area is 166 Å². The van der Waals surface area contributed by atoms with E-state index in [1.54, 1.807) is 16.6 Å². The molecule has 1 N–H and O–H groups in total. The molecule has 0 aliphatic heterocycles. The number of carbonyl (C=O) groups is 1. The van der Waals surface area contributed by atoms with Crippen LogP contribution in [0.4, 0.5) is 0 Å². The molecule has 3 aromatic rings. The van der Waals surface area contributed by atoms with E-state index in [-0.39, 0.29) is 12.3 Å². The van der Waals surface area contributed by atoms with E-state index in [1.165, 1.54) is 11.8 Å². The summed E-state index contributed by atoms with van der Waals surface area (Å²) in [5, 5.41) is 8.53. The summed E-state index contributed by atoms with van der Waals surface area (Å²) in [6, 6.07) is 7.15. The van der Waals surface area contributed by atoms with E-state index in [0.717, 1.165) is 17.0 Å². The van der Waals surface area contributed by atoms with Crippen molar-refractivity contribution in [2.45, 2.75) is 25.4 Å². The number of hydrogen-bond donors (Lipinski definition) is 1. The fraction of sp³-hybridized carbons (Fsp3) is 0.333. The molecule has 3 rings (SSSR count). The van der Waals surface area contributed by atoms with Gasteiger partial charge in [0.2, 0.25) is 11.1 Å². The van der Waals surface area contributed by atoms with Crippen LogP contribution in [0.15, 0.2) is 29.4 Å². The highest BCUT2D eigenvalue weighted by Crippen LogP contribution is 2.18. The predicted octanol–water partition coefficient (Wildman–Crippen LogP) is 2.85. The van der Waals surface area contributed by atoms with Gasteiger partial charge in [-0.3, -0.25) is 4.79 Å². The van der Waals surface area contributed by atoms with E-state index in [4.69, 9.17) is 16.3 Å². The second-order valence-corrected chi connectivity index (χ2v) is 7.11. The Morgan fingerprint density at radius 3 is 2.89 bits per heavy atom. The van der Waals surface area contributed by atoms with Crippen molar-refractivity contribution in [2.75, 3.05) is 19.4 Å². The van der Waals surface area contributed by atoms with Crippen LogP contribution in [0.5, 0.6) is 5.75 Å². The smallest absolute Gasteiger partial charge is 0.253 e. The maximum Gasteiger partial charge on any atom is 0.253 e. The number of nitrogens with one attached hydrogen (secondary N) is 1. The number of carbonyl (C=O) groups excluding carboxylic acids is 1. The molecule has 0 saturated carbocycles. The molecule has 0 bridgehead atoms. The van der Waals surface area contributed by atoms with Gasteiger partial charge in [0.05, 0.1) is 13.0 Å². The van der Waals surface area contributed by atoms with Gasteiger partial charge in [0.1, 0.15) is 12.4 Å². The monoisotopic (exact) mass is 405 g/mol. The molecule has 0 aliphatic carbocycles. The number of aromatic nitrogens is 4. The molecule has 1 amide bonds. The zero-order chi connectivity index (χ0) is 19.4. The molecule has 0 aliphatic rings. The Morgan fingerprint density at radius 2 is 2.15 bits per heavy atom. The van der Waals surface area contributed by atoms with Gasteiger partial charge in [0.15, 0.2) is 0 Å². The summed E-state index contributed by atoms with van der Waals surface area (Å²) in [7, 11) is 0. The number of nitrogens with zero attached hydrogens (tertiary/aromatic N) is 4. The molecule has 0 atom stereocenters. The second kappa shape index (κ2) is 8.58. The number of halogens is 1. The van der Waals surface area contributed by atoms with Gasteiger partial charge in [-0.1, -0.05) is 29.4 Å². The quantitative estimate of drug-likeness (QED) is 0.481. The predicted molar refractivity (Wildman–Crippen MR) is 106 cm³/mol. The van der Waals surface area contributed by atoms with Gasteiger partial charge in [0.25, 0.3) is 5.78 Å². The summed E-state index contributed by atoms with van der Waals surface area (Å²) in [6.07, 6.45) is 2.14. The Morgan fingerprint density at radius 1 is 1.33 bits per heavy atom. The van der Waals surface area contributed by atoms with E-state index in [1.807, 2.05) is 32.2 Å². The number of aryl methyl sites for hydroxylation is 2. The first kappa shape index (κ1) is 19.4. The van der Waals surface area contributed by atoms with Crippen LogP contribution in [0.25, 0.3) is 5.78 Å². The molecule has 0 spiro atoms. The molecule has 27 heavy (non-hydrogen) atoms. The van der Waals surface area contributed by atoms with Crippen molar-refractivity contribution >= 4 is 35.0 Å². The summed E-state index contributed by atoms with van der Waals surface area (Å²) in [5.41, 5.74) is 2.51. The van der Waals surface area contributed by atoms with Gasteiger partial charge in [-0.05, 0) is 38.3 Å². The van der Waals surface area contributed by atoms with Gasteiger partial charge in [-0.15, -0.1) is 5.10 Å². The first-order valence-corrected chi connectivity index (χ1v) is 10.00. The lowest BCUT2D eigenvalue weighted by Crippen LogP contribution is -2.30. The Kier molecular flexibility index (Phi) is 6.18. The van der Waals surface area contributed by atoms with E-state index in [0.29, 0.717) is 34.9 Å². The van der Waals surface area contributed by atoms with Crippen LogP contribution in [0, 0.1) is 13.8 Å². The molecule has 2 aromatic heterocycles. The van der Waals surface area contributed by atoms with Crippen molar-refractivity contribution < 1.29 is 9.53 Å². The van der Waals surface area contributed by atoms with Crippen LogP contribution in [0.2, 0.25) is 5.02 Å². The molecular weight excluding hydrogens is 386 g/mol. The number of ether oxygens (including phenoxy) is 1. The highest BCUT2D eigenvalue weighted by atomic mass is 35.5. The zero-order valence-electron chi connectivity index (χ0n) is 15.3. The maximum absolute atomic E-state index is 12.3. The van der Waals surface area contributed by atoms with Crippen LogP contribution < -0.4 is 10.1 Å². The van der Waals surface area contributed by atoms with Gasteiger partial charge < -0.3 is 10.1 Å². The zero-order valence-corrected chi connectivity index (χ0v) is 16.9. The summed E-state index contributed by atoms with van der Waals surface area (Å²) >= 11 is 7.37. The molecule has 7 nitrogen and oxygen atoms in total. The standard InChI is InChI=1S/C18H20ClN5O2S/c1-11-15(12(2)24-17(21-11)22-18(23-24)27-3)10-16(25)20-7-8-26-14-6-4-5-13(19)9-14/h4-6,9H,7-8,10H2,1-3H3,(H,20,25). The minimum Gasteiger partial charge on any atom is -0.492 e. The summed E-state index contributed by atoms with van der Waals surface area (Å²) < 4.78 is 7.26. The lowest BCUT2D eigenvalue weighted by molar-refractivity contribution is -0.120. The van der Waals surface area contributed by atoms with Crippen molar-refractivity contribution in [2.24, 2.45) is 0 Å². The van der Waals surface area contributed by atoms with Crippen LogP contribution in [0.1, 0.15) is 17.0 Å². The molecule has 0 fully saturated rings. The number of hydrogen-bond acceptors (Lipinski definition) is 6. The van der Waals surface area contributed by atoms with E-state index < -0.39 is 0 Å². The van der Waals surface area contributed by atoms with Crippen molar-refractivity contribution in [1.29, 1.82) is 0 Å². The summed E-state index contributed by atoms with van der Waals surface area (Å²) in [5.74, 6) is 1.13. The highest BCUT2D eigenvalue weighted by molar-refractivity contribution is 7.98. The van der Waals surface area contributed by atoms with Crippen LogP contribution in [0.3, 0.4) is 0 Å². The average Bonchev–Trinajstić information content (AvgIpc) is 3.05. The lowest BCUT2D eigenvalue weighted by atomic mass is 10.1. The first-order valence-electron chi connectivity index (χ1n) is 8.40. The Balaban J connectivity index is 1.59. The summed E-state index contributed by atoms with van der Waals surface area (Å²) in [4.78, 5) is 21.1. The van der Waals surface area contributed by atoms with Gasteiger partial charge >= 0.3 is 0 Å². The van der Waals surface area contributed by atoms with Crippen molar-refractivity contribution in [3.63, 3.8) is 0 Å². The van der Waals surface area contributed by atoms with E-state index in [9.17, 15) is 4.79 Å². The summed E-state index contributed by atoms with van der Waals surface area (Å²) in [6.45, 7) is 4.57. The van der Waals surface area contributed by atoms with Crippen molar-refractivity contribution in [3.8, 4) is 5.75 Å². The first-order chi connectivity index (χ1) is 13.0. The number of rotatable bonds is 7. The van der Waals surface area contributed by atoms with Crippen molar-refractivity contribution in [1.82, 2.24) is 24.9 Å². The number of thioether (sulfide) groups is 1. The van der Waals surface area contributed by atoms with Crippen molar-refractivity contribution in [3.05, 3.63) is 46.2 Å². The highest BCUT2D eigenvalue weighted by Gasteiger charge is 2.15. The lowest BCUT2D eigenvalue weighted by Gasteiger charge is -2.11. The van der Waals surface area contributed by atoms with Gasteiger partial charge in [0, 0.05) is 22.0 Å². The van der Waals surface area contributed by atoms with Crippen LogP contribution in [-0.2, 0) is 11.2 Å². The molecule has 0 radical (unpaired) electrons. The third-order valence-corrected chi connectivity index (χ3v) is 4.81. The maximum atomic E-state index is 12.3. The normalized spacial score (nSPS) is 11.0. The molecule has 0 saturated heterocycles. The molecule has 0 unspecified atom stereocenters. The van der Waals surface area contributed by atoms with E-state index >= 15 is 0 Å². The topological polar surface area (TPSA) is 81.4 Å². The minimum absolute atomic E-state index is 0.0951. The van der Waals surface area contributed by atoms with Gasteiger partial charge in [-0.2, -0.15) is 4.98 Å². The fourth-order valence-electron chi connectivity index (χ4n) is 2.67. The Bertz CT molecular complexity index is 976. The fourth-order valence-corrected chi connectivity index (χ4v) is 3.19. The average molecular weight is 406 g/mol. The molecule has 9 heteroatoms. The molecular formula is C18H20ClN5O2S. The SMILES string of the molecule is CSc1nc2nc(C)c(CC(=O)NCCOc3cccc(Cl)c3)c(C)n2n1. The third kappa shape index (κ3) is 4.70. The minimum atomic E-state index is -0.0951. The second-order valence-electron chi connectivity index (χ2n) is 5.90.